The minimum atomic E-state index is -0.646. The molecule has 0 bridgehead atoms. The molecule has 1 aliphatic rings. The van der Waals surface area contributed by atoms with Crippen LogP contribution in [0.1, 0.15) is 13.8 Å². The van der Waals surface area contributed by atoms with Crippen molar-refractivity contribution in [1.82, 2.24) is 0 Å². The highest BCUT2D eigenvalue weighted by atomic mass is 16.5. The molecular weight excluding hydrogens is 356 g/mol. The summed E-state index contributed by atoms with van der Waals surface area (Å²) in [6, 6.07) is 4.07. The predicted molar refractivity (Wildman–Crippen MR) is 100 cm³/mol. The maximum absolute atomic E-state index is 10.1. The number of aliphatic hydroxyl groups is 4. The van der Waals surface area contributed by atoms with Crippen LogP contribution in [0.4, 0.5) is 0 Å². The Hall–Kier alpha value is -3.55. The summed E-state index contributed by atoms with van der Waals surface area (Å²) >= 11 is 0. The van der Waals surface area contributed by atoms with Crippen molar-refractivity contribution in [1.29, 1.82) is 0 Å². The van der Waals surface area contributed by atoms with Crippen LogP contribution >= 0.6 is 0 Å². The fourth-order valence-electron chi connectivity index (χ4n) is 1.76. The second-order valence-electron chi connectivity index (χ2n) is 4.82. The van der Waals surface area contributed by atoms with Crippen LogP contribution in [0.5, 0.6) is 17.2 Å². The Labute approximate surface area is 156 Å². The van der Waals surface area contributed by atoms with Crippen molar-refractivity contribution in [2.75, 3.05) is 7.11 Å². The molecule has 0 amide bonds. The van der Waals surface area contributed by atoms with Crippen LogP contribution in [0.2, 0.25) is 0 Å². The molecule has 6 N–H and O–H groups in total. The van der Waals surface area contributed by atoms with Gasteiger partial charge in [-0.25, -0.2) is 0 Å². The van der Waals surface area contributed by atoms with Crippen LogP contribution in [0, 0.1) is 5.92 Å². The van der Waals surface area contributed by atoms with E-state index >= 15 is 0 Å². The fourth-order valence-corrected chi connectivity index (χ4v) is 1.76. The number of aliphatic hydroxyl groups excluding tert-OH is 4. The van der Waals surface area contributed by atoms with Gasteiger partial charge in [0.25, 0.3) is 0 Å². The predicted octanol–water partition coefficient (Wildman–Crippen LogP) is 3.72. The van der Waals surface area contributed by atoms with Crippen molar-refractivity contribution in [3.05, 3.63) is 65.5 Å². The van der Waals surface area contributed by atoms with Crippen LogP contribution in [0.25, 0.3) is 0 Å². The van der Waals surface area contributed by atoms with Gasteiger partial charge in [0.15, 0.2) is 29.3 Å². The number of methoxy groups -OCH3 is 1. The van der Waals surface area contributed by atoms with Crippen molar-refractivity contribution in [3.8, 4) is 17.2 Å². The number of allylic oxidation sites excluding steroid dienone is 5. The van der Waals surface area contributed by atoms with Gasteiger partial charge in [-0.15, -0.1) is 0 Å². The van der Waals surface area contributed by atoms with E-state index in [4.69, 9.17) is 30.3 Å². The minimum Gasteiger partial charge on any atom is -0.508 e. The molecule has 2 rings (SSSR count). The first kappa shape index (κ1) is 23.4. The lowest BCUT2D eigenvalue weighted by atomic mass is 10.1. The summed E-state index contributed by atoms with van der Waals surface area (Å²) in [6.07, 6.45) is 5.14. The quantitative estimate of drug-likeness (QED) is 0.264. The van der Waals surface area contributed by atoms with E-state index in [0.717, 1.165) is 12.2 Å². The Balaban J connectivity index is 0.000000488. The largest absolute Gasteiger partial charge is 0.508 e. The Bertz CT molecular complexity index is 724. The van der Waals surface area contributed by atoms with E-state index < -0.39 is 29.0 Å². The maximum atomic E-state index is 10.1. The van der Waals surface area contributed by atoms with Gasteiger partial charge >= 0.3 is 0 Å². The summed E-state index contributed by atoms with van der Waals surface area (Å²) in [7, 11) is 1.47. The number of benzene rings is 1. The number of phenolic OH excluding ortho intramolecular Hbond substituents is 2. The van der Waals surface area contributed by atoms with E-state index in [9.17, 15) is 9.90 Å². The highest BCUT2D eigenvalue weighted by molar-refractivity contribution is 5.69. The number of hydrogen-bond acceptors (Lipinski definition) is 8. The van der Waals surface area contributed by atoms with E-state index in [0.29, 0.717) is 5.75 Å². The summed E-state index contributed by atoms with van der Waals surface area (Å²) in [5.41, 5.74) is 0. The summed E-state index contributed by atoms with van der Waals surface area (Å²) in [5.74, 6) is -2.28. The van der Waals surface area contributed by atoms with Crippen molar-refractivity contribution < 1.29 is 40.2 Å². The smallest absolute Gasteiger partial charge is 0.199 e. The van der Waals surface area contributed by atoms with Crippen LogP contribution < -0.4 is 4.74 Å². The molecule has 0 spiro atoms. The molecule has 1 atom stereocenters. The average Bonchev–Trinajstić information content (AvgIpc) is 2.76. The molecule has 8 nitrogen and oxygen atoms in total. The number of phenols is 2. The highest BCUT2D eigenvalue weighted by Gasteiger charge is 2.13. The molecule has 0 aliphatic heterocycles. The molecule has 1 aromatic carbocycles. The first-order valence-electron chi connectivity index (χ1n) is 7.91. The Morgan fingerprint density at radius 1 is 1.04 bits per heavy atom. The van der Waals surface area contributed by atoms with Gasteiger partial charge in [-0.1, -0.05) is 19.9 Å². The van der Waals surface area contributed by atoms with Crippen molar-refractivity contribution in [3.63, 3.8) is 0 Å². The third-order valence-electron chi connectivity index (χ3n) is 2.91. The lowest BCUT2D eigenvalue weighted by molar-refractivity contribution is -0.107. The molecule has 0 saturated carbocycles. The van der Waals surface area contributed by atoms with E-state index in [1.54, 1.807) is 0 Å². The van der Waals surface area contributed by atoms with Gasteiger partial charge in [-0.2, -0.15) is 0 Å². The zero-order valence-electron chi connectivity index (χ0n) is 15.2. The molecule has 1 aliphatic carbocycles. The third kappa shape index (κ3) is 8.39. The molecular formula is C19H24O8. The fraction of sp³-hybridized carbons (Fsp3) is 0.211. The van der Waals surface area contributed by atoms with Gasteiger partial charge in [0.05, 0.1) is 7.11 Å². The molecule has 1 aromatic rings. The van der Waals surface area contributed by atoms with Crippen molar-refractivity contribution >= 4 is 6.29 Å². The molecule has 1 unspecified atom stereocenters. The maximum Gasteiger partial charge on any atom is 0.199 e. The van der Waals surface area contributed by atoms with Crippen LogP contribution in [0.3, 0.4) is 0 Å². The van der Waals surface area contributed by atoms with Crippen molar-refractivity contribution in [2.45, 2.75) is 13.8 Å². The summed E-state index contributed by atoms with van der Waals surface area (Å²) in [6.45, 7) is 4.00. The Morgan fingerprint density at radius 3 is 2.07 bits per heavy atom. The lowest BCUT2D eigenvalue weighted by Gasteiger charge is -2.00. The summed E-state index contributed by atoms with van der Waals surface area (Å²) in [4.78, 5) is 10.1. The molecule has 0 saturated heterocycles. The number of rotatable bonds is 3. The number of carbonyl (C=O) groups excluding carboxylic acids is 1. The lowest BCUT2D eigenvalue weighted by Crippen LogP contribution is -1.94. The van der Waals surface area contributed by atoms with Gasteiger partial charge in [-0.05, 0) is 18.2 Å². The van der Waals surface area contributed by atoms with Crippen LogP contribution in [-0.2, 0) is 4.79 Å². The van der Waals surface area contributed by atoms with Gasteiger partial charge < -0.3 is 35.4 Å². The molecule has 0 fully saturated rings. The standard InChI is InChI=1S/C10H10O5.C7H8O3.C2H6/c11-5-7(12)3-6-1-2-8(13)10(15)9(14)4-6;1-10-7-3-5(8)2-6(9)4-7;1-2/h1-6,12-15H;2-4,8-9H,1H3;1-2H3/b7-3-;;. The van der Waals surface area contributed by atoms with Crippen molar-refractivity contribution in [2.24, 2.45) is 5.92 Å². The summed E-state index contributed by atoms with van der Waals surface area (Å²) in [5, 5.41) is 54.2. The Morgan fingerprint density at radius 2 is 1.59 bits per heavy atom. The van der Waals surface area contributed by atoms with Crippen LogP contribution in [-0.4, -0.2) is 44.0 Å². The van der Waals surface area contributed by atoms with E-state index in [2.05, 4.69) is 0 Å². The van der Waals surface area contributed by atoms with Gasteiger partial charge in [0.1, 0.15) is 17.2 Å². The van der Waals surface area contributed by atoms with Gasteiger partial charge in [-0.3, -0.25) is 4.79 Å². The monoisotopic (exact) mass is 380 g/mol. The van der Waals surface area contributed by atoms with Crippen LogP contribution in [0.15, 0.2) is 65.5 Å². The average molecular weight is 380 g/mol. The minimum absolute atomic E-state index is 0.00292. The zero-order chi connectivity index (χ0) is 21.0. The molecule has 0 radical (unpaired) electrons. The van der Waals surface area contributed by atoms with E-state index in [1.807, 2.05) is 13.8 Å². The van der Waals surface area contributed by atoms with E-state index in [1.165, 1.54) is 37.5 Å². The molecule has 148 valence electrons. The third-order valence-corrected chi connectivity index (χ3v) is 2.91. The number of carbonyl (C=O) groups is 1. The summed E-state index contributed by atoms with van der Waals surface area (Å²) < 4.78 is 4.76. The number of hydrogen-bond donors (Lipinski definition) is 6. The first-order chi connectivity index (χ1) is 12.8. The first-order valence-corrected chi connectivity index (χ1v) is 7.91. The second kappa shape index (κ2) is 11.9. The zero-order valence-corrected chi connectivity index (χ0v) is 15.2. The van der Waals surface area contributed by atoms with Gasteiger partial charge in [0.2, 0.25) is 0 Å². The van der Waals surface area contributed by atoms with E-state index in [-0.39, 0.29) is 17.8 Å². The topological polar surface area (TPSA) is 148 Å². The molecule has 8 heteroatoms. The number of aromatic hydroxyl groups is 2. The van der Waals surface area contributed by atoms with Gasteiger partial charge in [0, 0.05) is 24.1 Å². The molecule has 27 heavy (non-hydrogen) atoms. The SMILES string of the molecule is CC.COc1cc(O)cc(O)c1.O=C/C(O)=C/C1C=CC(O)=C(O)C(O)=C1. The normalized spacial score (nSPS) is 16.0. The molecule has 0 aromatic heterocycles. The number of aldehydes is 1. The molecule has 0 heterocycles. The second-order valence-corrected chi connectivity index (χ2v) is 4.82. The number of ether oxygens (including phenoxy) is 1. The highest BCUT2D eigenvalue weighted by Crippen LogP contribution is 2.25. The Kier molecular flexibility index (Phi) is 10.3.